The summed E-state index contributed by atoms with van der Waals surface area (Å²) in [4.78, 5) is 29.4. The Morgan fingerprint density at radius 3 is 2.67 bits per heavy atom. The molecule has 2 aromatic heterocycles. The van der Waals surface area contributed by atoms with Crippen LogP contribution in [0.5, 0.6) is 0 Å². The maximum absolute atomic E-state index is 13.0. The first-order valence-corrected chi connectivity index (χ1v) is 10.8. The predicted octanol–water partition coefficient (Wildman–Crippen LogP) is 4.67. The highest BCUT2D eigenvalue weighted by molar-refractivity contribution is 5.98. The number of fused-ring (bicyclic) bond motifs is 2. The van der Waals surface area contributed by atoms with E-state index in [2.05, 4.69) is 20.3 Å². The summed E-state index contributed by atoms with van der Waals surface area (Å²) in [5.74, 6) is -0.130. The molecule has 3 aromatic rings. The lowest BCUT2D eigenvalue weighted by atomic mass is 10.2. The summed E-state index contributed by atoms with van der Waals surface area (Å²) < 4.78 is 38.9. The summed E-state index contributed by atoms with van der Waals surface area (Å²) >= 11 is 0. The topological polar surface area (TPSA) is 93.3 Å². The van der Waals surface area contributed by atoms with Crippen molar-refractivity contribution in [1.29, 1.82) is 0 Å². The van der Waals surface area contributed by atoms with Gasteiger partial charge in [0.15, 0.2) is 5.82 Å². The van der Waals surface area contributed by atoms with Crippen LogP contribution in [0.2, 0.25) is 0 Å². The van der Waals surface area contributed by atoms with Gasteiger partial charge in [-0.1, -0.05) is 12.8 Å². The number of halogens is 3. The number of aromatic nitrogens is 4. The number of alkyl halides is 3. The van der Waals surface area contributed by atoms with E-state index in [-0.39, 0.29) is 29.1 Å². The number of hydrazine groups is 1. The molecule has 3 heterocycles. The number of nitrogens with one attached hydrogen (secondary N) is 2. The van der Waals surface area contributed by atoms with Crippen LogP contribution in [0.3, 0.4) is 0 Å². The zero-order valence-electron chi connectivity index (χ0n) is 18.1. The van der Waals surface area contributed by atoms with Gasteiger partial charge in [-0.05, 0) is 38.0 Å². The SMILES string of the molecule is CCN1C(=O)N(C)c2cnc(Nc3ccc4nc(C(F)(F)F)[nH]c4c3)nc2N1C1CCCC1. The predicted molar refractivity (Wildman–Crippen MR) is 117 cm³/mol. The van der Waals surface area contributed by atoms with Crippen molar-refractivity contribution in [3.05, 3.63) is 30.2 Å². The minimum atomic E-state index is -4.55. The summed E-state index contributed by atoms with van der Waals surface area (Å²) in [5, 5.41) is 6.74. The number of urea groups is 1. The molecule has 5 rings (SSSR count). The van der Waals surface area contributed by atoms with Crippen LogP contribution in [0.25, 0.3) is 11.0 Å². The number of amides is 2. The quantitative estimate of drug-likeness (QED) is 0.588. The van der Waals surface area contributed by atoms with Crippen LogP contribution in [-0.2, 0) is 6.18 Å². The summed E-state index contributed by atoms with van der Waals surface area (Å²) in [6.45, 7) is 2.43. The first kappa shape index (κ1) is 21.3. The van der Waals surface area contributed by atoms with Gasteiger partial charge >= 0.3 is 12.2 Å². The summed E-state index contributed by atoms with van der Waals surface area (Å²) in [5.41, 5.74) is 1.59. The fraction of sp³-hybridized carbons (Fsp3) is 0.429. The van der Waals surface area contributed by atoms with Crippen LogP contribution < -0.4 is 15.2 Å². The molecule has 2 N–H and O–H groups in total. The van der Waals surface area contributed by atoms with E-state index in [1.54, 1.807) is 24.3 Å². The Morgan fingerprint density at radius 2 is 1.97 bits per heavy atom. The maximum atomic E-state index is 13.0. The molecule has 0 radical (unpaired) electrons. The Kier molecular flexibility index (Phi) is 5.02. The van der Waals surface area contributed by atoms with Gasteiger partial charge in [0.25, 0.3) is 0 Å². The van der Waals surface area contributed by atoms with E-state index < -0.39 is 12.0 Å². The Balaban J connectivity index is 1.49. The molecule has 0 saturated heterocycles. The van der Waals surface area contributed by atoms with Crippen LogP contribution in [-0.4, -0.2) is 50.6 Å². The second-order valence-corrected chi connectivity index (χ2v) is 8.18. The third-order valence-electron chi connectivity index (χ3n) is 6.07. The maximum Gasteiger partial charge on any atom is 0.449 e. The highest BCUT2D eigenvalue weighted by atomic mass is 19.4. The first-order valence-electron chi connectivity index (χ1n) is 10.8. The van der Waals surface area contributed by atoms with Crippen molar-refractivity contribution >= 4 is 40.2 Å². The average molecular weight is 460 g/mol. The molecular formula is C21H23F3N8O. The van der Waals surface area contributed by atoms with Crippen molar-refractivity contribution in [3.8, 4) is 0 Å². The van der Waals surface area contributed by atoms with Gasteiger partial charge in [0, 0.05) is 19.3 Å². The molecule has 2 aliphatic rings. The molecule has 0 spiro atoms. The molecule has 12 heteroatoms. The molecule has 9 nitrogen and oxygen atoms in total. The second-order valence-electron chi connectivity index (χ2n) is 8.18. The lowest BCUT2D eigenvalue weighted by molar-refractivity contribution is -0.144. The van der Waals surface area contributed by atoms with Gasteiger partial charge in [-0.15, -0.1) is 0 Å². The second kappa shape index (κ2) is 7.78. The molecule has 33 heavy (non-hydrogen) atoms. The molecule has 1 fully saturated rings. The smallest absolute Gasteiger partial charge is 0.334 e. The van der Waals surface area contributed by atoms with Crippen LogP contribution >= 0.6 is 0 Å². The lowest BCUT2D eigenvalue weighted by Crippen LogP contribution is -2.59. The van der Waals surface area contributed by atoms with Crippen molar-refractivity contribution in [2.45, 2.75) is 44.8 Å². The van der Waals surface area contributed by atoms with E-state index in [0.29, 0.717) is 23.7 Å². The Labute approximate surface area is 187 Å². The number of anilines is 4. The normalized spacial score (nSPS) is 17.2. The molecule has 174 valence electrons. The Morgan fingerprint density at radius 1 is 1.21 bits per heavy atom. The number of rotatable bonds is 4. The van der Waals surface area contributed by atoms with E-state index in [1.807, 2.05) is 11.9 Å². The summed E-state index contributed by atoms with van der Waals surface area (Å²) in [6, 6.07) is 4.69. The number of imidazole rings is 1. The molecule has 1 aliphatic carbocycles. The zero-order chi connectivity index (χ0) is 23.3. The molecule has 1 saturated carbocycles. The number of nitrogens with zero attached hydrogens (tertiary/aromatic N) is 6. The fourth-order valence-electron chi connectivity index (χ4n) is 4.47. The van der Waals surface area contributed by atoms with E-state index in [9.17, 15) is 18.0 Å². The number of hydrogen-bond donors (Lipinski definition) is 2. The van der Waals surface area contributed by atoms with Gasteiger partial charge in [0.1, 0.15) is 5.69 Å². The number of H-pyrrole nitrogens is 1. The molecule has 2 amide bonds. The molecular weight excluding hydrogens is 437 g/mol. The highest BCUT2D eigenvalue weighted by Gasteiger charge is 2.39. The van der Waals surface area contributed by atoms with Crippen LogP contribution in [0.1, 0.15) is 38.4 Å². The van der Waals surface area contributed by atoms with Gasteiger partial charge in [-0.25, -0.2) is 19.8 Å². The lowest BCUT2D eigenvalue weighted by Gasteiger charge is -2.45. The molecule has 0 unspecified atom stereocenters. The van der Waals surface area contributed by atoms with Crippen molar-refractivity contribution in [3.63, 3.8) is 0 Å². The number of carbonyl (C=O) groups is 1. The number of benzene rings is 1. The first-order chi connectivity index (χ1) is 15.8. The molecule has 0 atom stereocenters. The van der Waals surface area contributed by atoms with E-state index in [0.717, 1.165) is 25.7 Å². The van der Waals surface area contributed by atoms with Crippen molar-refractivity contribution in [2.75, 3.05) is 28.8 Å². The van der Waals surface area contributed by atoms with E-state index in [4.69, 9.17) is 4.98 Å². The molecule has 1 aliphatic heterocycles. The van der Waals surface area contributed by atoms with Gasteiger partial charge < -0.3 is 10.3 Å². The minimum Gasteiger partial charge on any atom is -0.334 e. The largest absolute Gasteiger partial charge is 0.449 e. The van der Waals surface area contributed by atoms with Gasteiger partial charge in [-0.2, -0.15) is 18.2 Å². The average Bonchev–Trinajstić information content (AvgIpc) is 3.45. The Bertz CT molecular complexity index is 1200. The van der Waals surface area contributed by atoms with E-state index >= 15 is 0 Å². The number of carbonyl (C=O) groups excluding carboxylic acids is 1. The molecule has 1 aromatic carbocycles. The van der Waals surface area contributed by atoms with Crippen LogP contribution in [0.4, 0.5) is 41.1 Å². The third-order valence-corrected chi connectivity index (χ3v) is 6.07. The monoisotopic (exact) mass is 460 g/mol. The summed E-state index contributed by atoms with van der Waals surface area (Å²) in [7, 11) is 1.69. The van der Waals surface area contributed by atoms with Crippen molar-refractivity contribution in [1.82, 2.24) is 24.9 Å². The zero-order valence-corrected chi connectivity index (χ0v) is 18.1. The fourth-order valence-corrected chi connectivity index (χ4v) is 4.47. The number of hydrogen-bond acceptors (Lipinski definition) is 6. The van der Waals surface area contributed by atoms with Crippen molar-refractivity contribution < 1.29 is 18.0 Å². The standard InChI is InChI=1S/C21H23F3N8O/c1-3-31-20(33)30(2)16-11-25-19(29-17(16)32(31)13-6-4-5-7-13)26-12-8-9-14-15(10-12)28-18(27-14)21(22,23)24/h8-11,13H,3-7H2,1-2H3,(H,27,28)(H,25,26,29). The van der Waals surface area contributed by atoms with Crippen LogP contribution in [0, 0.1) is 0 Å². The Hall–Kier alpha value is -3.57. The van der Waals surface area contributed by atoms with Gasteiger partial charge in [0.05, 0.1) is 23.3 Å². The van der Waals surface area contributed by atoms with E-state index in [1.165, 1.54) is 17.0 Å². The van der Waals surface area contributed by atoms with Gasteiger partial charge in [-0.3, -0.25) is 9.91 Å². The number of aromatic amines is 1. The van der Waals surface area contributed by atoms with Gasteiger partial charge in [0.2, 0.25) is 11.8 Å². The third kappa shape index (κ3) is 3.68. The highest BCUT2D eigenvalue weighted by Crippen LogP contribution is 2.39. The van der Waals surface area contributed by atoms with Crippen LogP contribution in [0.15, 0.2) is 24.4 Å². The summed E-state index contributed by atoms with van der Waals surface area (Å²) in [6.07, 6.45) is 1.17. The van der Waals surface area contributed by atoms with Crippen molar-refractivity contribution in [2.24, 2.45) is 0 Å². The minimum absolute atomic E-state index is 0.133. The molecule has 0 bridgehead atoms.